The van der Waals surface area contributed by atoms with Crippen LogP contribution < -0.4 is 5.32 Å². The number of hydrogen-bond acceptors (Lipinski definition) is 2. The van der Waals surface area contributed by atoms with Gasteiger partial charge in [-0.05, 0) is 25.0 Å². The van der Waals surface area contributed by atoms with E-state index in [0.717, 1.165) is 26.2 Å². The lowest BCUT2D eigenvalue weighted by Gasteiger charge is -2.35. The molecule has 0 bridgehead atoms. The van der Waals surface area contributed by atoms with Gasteiger partial charge in [0.15, 0.2) is 0 Å². The number of H-pyrrole nitrogens is 1. The summed E-state index contributed by atoms with van der Waals surface area (Å²) < 4.78 is 0. The van der Waals surface area contributed by atoms with E-state index < -0.39 is 0 Å². The zero-order valence-corrected chi connectivity index (χ0v) is 11.9. The van der Waals surface area contributed by atoms with Crippen LogP contribution in [0.2, 0.25) is 0 Å². The quantitative estimate of drug-likeness (QED) is 0.886. The Morgan fingerprint density at radius 2 is 1.95 bits per heavy atom. The molecule has 0 radical (unpaired) electrons. The smallest absolute Gasteiger partial charge is 0.0459 e. The first kappa shape index (κ1) is 12.7. The van der Waals surface area contributed by atoms with Crippen molar-refractivity contribution in [3.63, 3.8) is 0 Å². The van der Waals surface area contributed by atoms with E-state index in [-0.39, 0.29) is 0 Å². The molecule has 3 rings (SSSR count). The van der Waals surface area contributed by atoms with Crippen LogP contribution in [0, 0.1) is 6.92 Å². The van der Waals surface area contributed by atoms with E-state index in [4.69, 9.17) is 0 Å². The van der Waals surface area contributed by atoms with Gasteiger partial charge >= 0.3 is 0 Å². The Labute approximate surface area is 115 Å². The SMILES string of the molecule is CC[C@H](c1c(C)[nH]c2ccccc12)N1CCNCC1. The van der Waals surface area contributed by atoms with Crippen LogP contribution in [0.1, 0.15) is 30.6 Å². The minimum Gasteiger partial charge on any atom is -0.358 e. The lowest BCUT2D eigenvalue weighted by atomic mass is 9.98. The summed E-state index contributed by atoms with van der Waals surface area (Å²) in [6.45, 7) is 9.03. The molecule has 1 aliphatic heterocycles. The number of fused-ring (bicyclic) bond motifs is 1. The molecular formula is C16H23N3. The van der Waals surface area contributed by atoms with Gasteiger partial charge in [0, 0.05) is 48.8 Å². The monoisotopic (exact) mass is 257 g/mol. The molecule has 0 aliphatic carbocycles. The highest BCUT2D eigenvalue weighted by molar-refractivity contribution is 5.85. The summed E-state index contributed by atoms with van der Waals surface area (Å²) in [6, 6.07) is 9.21. The van der Waals surface area contributed by atoms with E-state index in [1.165, 1.54) is 28.6 Å². The molecule has 1 aromatic carbocycles. The zero-order valence-electron chi connectivity index (χ0n) is 11.9. The number of para-hydroxylation sites is 1. The van der Waals surface area contributed by atoms with Crippen molar-refractivity contribution in [1.29, 1.82) is 0 Å². The first-order valence-electron chi connectivity index (χ1n) is 7.33. The lowest BCUT2D eigenvalue weighted by molar-refractivity contribution is 0.170. The molecule has 0 unspecified atom stereocenters. The van der Waals surface area contributed by atoms with Crippen molar-refractivity contribution in [3.05, 3.63) is 35.5 Å². The third-order valence-electron chi connectivity index (χ3n) is 4.26. The Kier molecular flexibility index (Phi) is 3.58. The maximum Gasteiger partial charge on any atom is 0.0459 e. The van der Waals surface area contributed by atoms with Gasteiger partial charge in [-0.3, -0.25) is 4.90 Å². The largest absolute Gasteiger partial charge is 0.358 e. The van der Waals surface area contributed by atoms with E-state index >= 15 is 0 Å². The van der Waals surface area contributed by atoms with Crippen LogP contribution in [-0.4, -0.2) is 36.1 Å². The number of aryl methyl sites for hydroxylation is 1. The number of nitrogens with zero attached hydrogens (tertiary/aromatic N) is 1. The molecule has 102 valence electrons. The Hall–Kier alpha value is -1.32. The second-order valence-corrected chi connectivity index (χ2v) is 5.42. The normalized spacial score (nSPS) is 18.8. The predicted octanol–water partition coefficient (Wildman–Crippen LogP) is 2.83. The third kappa shape index (κ3) is 2.28. The summed E-state index contributed by atoms with van der Waals surface area (Å²) in [5, 5.41) is 4.84. The summed E-state index contributed by atoms with van der Waals surface area (Å²) >= 11 is 0. The van der Waals surface area contributed by atoms with Crippen molar-refractivity contribution in [2.75, 3.05) is 26.2 Å². The standard InChI is InChI=1S/C16H23N3/c1-3-15(19-10-8-17-9-11-19)16-12(2)18-14-7-5-4-6-13(14)16/h4-7,15,17-18H,3,8-11H2,1-2H3/t15-/m1/s1. The molecular weight excluding hydrogens is 234 g/mol. The molecule has 3 nitrogen and oxygen atoms in total. The van der Waals surface area contributed by atoms with Gasteiger partial charge in [0.1, 0.15) is 0 Å². The Balaban J connectivity index is 2.02. The molecule has 0 amide bonds. The minimum absolute atomic E-state index is 0.540. The van der Waals surface area contributed by atoms with Crippen LogP contribution in [0.15, 0.2) is 24.3 Å². The molecule has 2 N–H and O–H groups in total. The van der Waals surface area contributed by atoms with Crippen molar-refractivity contribution in [3.8, 4) is 0 Å². The van der Waals surface area contributed by atoms with Crippen LogP contribution in [-0.2, 0) is 0 Å². The van der Waals surface area contributed by atoms with Gasteiger partial charge in [0.25, 0.3) is 0 Å². The maximum atomic E-state index is 3.54. The van der Waals surface area contributed by atoms with E-state index in [2.05, 4.69) is 53.3 Å². The van der Waals surface area contributed by atoms with Gasteiger partial charge in [-0.25, -0.2) is 0 Å². The van der Waals surface area contributed by atoms with E-state index in [1.54, 1.807) is 0 Å². The molecule has 3 heteroatoms. The third-order valence-corrected chi connectivity index (χ3v) is 4.26. The Bertz CT molecular complexity index is 552. The first-order valence-corrected chi connectivity index (χ1v) is 7.33. The van der Waals surface area contributed by atoms with Crippen LogP contribution >= 0.6 is 0 Å². The number of hydrogen-bond donors (Lipinski definition) is 2. The summed E-state index contributed by atoms with van der Waals surface area (Å²) in [5.41, 5.74) is 4.09. The predicted molar refractivity (Wildman–Crippen MR) is 80.5 cm³/mol. The van der Waals surface area contributed by atoms with Gasteiger partial charge in [0.2, 0.25) is 0 Å². The van der Waals surface area contributed by atoms with Gasteiger partial charge in [-0.15, -0.1) is 0 Å². The highest BCUT2D eigenvalue weighted by Crippen LogP contribution is 2.33. The molecule has 1 fully saturated rings. The van der Waals surface area contributed by atoms with Gasteiger partial charge < -0.3 is 10.3 Å². The van der Waals surface area contributed by atoms with Crippen LogP contribution in [0.3, 0.4) is 0 Å². The minimum atomic E-state index is 0.540. The van der Waals surface area contributed by atoms with Gasteiger partial charge in [0.05, 0.1) is 0 Å². The highest BCUT2D eigenvalue weighted by atomic mass is 15.2. The molecule has 0 spiro atoms. The lowest BCUT2D eigenvalue weighted by Crippen LogP contribution is -2.45. The van der Waals surface area contributed by atoms with Gasteiger partial charge in [-0.2, -0.15) is 0 Å². The highest BCUT2D eigenvalue weighted by Gasteiger charge is 2.24. The van der Waals surface area contributed by atoms with Crippen molar-refractivity contribution >= 4 is 10.9 Å². The first-order chi connectivity index (χ1) is 9.31. The summed E-state index contributed by atoms with van der Waals surface area (Å²) in [4.78, 5) is 6.16. The molecule has 19 heavy (non-hydrogen) atoms. The zero-order chi connectivity index (χ0) is 13.2. The van der Waals surface area contributed by atoms with E-state index in [0.29, 0.717) is 6.04 Å². The number of aromatic nitrogens is 1. The van der Waals surface area contributed by atoms with E-state index in [1.807, 2.05) is 0 Å². The van der Waals surface area contributed by atoms with Crippen molar-refractivity contribution < 1.29 is 0 Å². The maximum absolute atomic E-state index is 3.54. The molecule has 1 atom stereocenters. The summed E-state index contributed by atoms with van der Waals surface area (Å²) in [6.07, 6.45) is 1.17. The second kappa shape index (κ2) is 5.35. The number of aromatic amines is 1. The molecule has 2 aromatic rings. The van der Waals surface area contributed by atoms with Gasteiger partial charge in [-0.1, -0.05) is 25.1 Å². The summed E-state index contributed by atoms with van der Waals surface area (Å²) in [5.74, 6) is 0. The second-order valence-electron chi connectivity index (χ2n) is 5.42. The molecule has 2 heterocycles. The number of rotatable bonds is 3. The van der Waals surface area contributed by atoms with Crippen LogP contribution in [0.25, 0.3) is 10.9 Å². The number of benzene rings is 1. The van der Waals surface area contributed by atoms with Crippen molar-refractivity contribution in [1.82, 2.24) is 15.2 Å². The average molecular weight is 257 g/mol. The fourth-order valence-electron chi connectivity index (χ4n) is 3.37. The Morgan fingerprint density at radius 3 is 2.68 bits per heavy atom. The fourth-order valence-corrected chi connectivity index (χ4v) is 3.37. The molecule has 0 saturated carbocycles. The Morgan fingerprint density at radius 1 is 1.21 bits per heavy atom. The number of nitrogens with one attached hydrogen (secondary N) is 2. The van der Waals surface area contributed by atoms with Crippen molar-refractivity contribution in [2.24, 2.45) is 0 Å². The van der Waals surface area contributed by atoms with E-state index in [9.17, 15) is 0 Å². The van der Waals surface area contributed by atoms with Crippen LogP contribution in [0.4, 0.5) is 0 Å². The topological polar surface area (TPSA) is 31.1 Å². The number of piperazine rings is 1. The van der Waals surface area contributed by atoms with Crippen LogP contribution in [0.5, 0.6) is 0 Å². The summed E-state index contributed by atoms with van der Waals surface area (Å²) in [7, 11) is 0. The molecule has 1 aromatic heterocycles. The van der Waals surface area contributed by atoms with Crippen molar-refractivity contribution in [2.45, 2.75) is 26.3 Å². The molecule has 1 saturated heterocycles. The average Bonchev–Trinajstić information content (AvgIpc) is 2.78. The molecule has 1 aliphatic rings. The fraction of sp³-hybridized carbons (Fsp3) is 0.500.